The van der Waals surface area contributed by atoms with Crippen molar-refractivity contribution in [1.82, 2.24) is 9.97 Å². The van der Waals surface area contributed by atoms with Crippen LogP contribution >= 0.6 is 0 Å². The van der Waals surface area contributed by atoms with E-state index in [1.165, 1.54) is 6.33 Å². The fourth-order valence-electron chi connectivity index (χ4n) is 1.64. The molecule has 0 aromatic carbocycles. The van der Waals surface area contributed by atoms with Gasteiger partial charge in [0.2, 0.25) is 0 Å². The summed E-state index contributed by atoms with van der Waals surface area (Å²) in [5.74, 6) is 0.800. The Hall–Kier alpha value is -1.36. The highest BCUT2D eigenvalue weighted by atomic mass is 16.5. The van der Waals surface area contributed by atoms with Crippen LogP contribution in [0.25, 0.3) is 0 Å². The quantitative estimate of drug-likeness (QED) is 0.732. The first kappa shape index (κ1) is 9.21. The van der Waals surface area contributed by atoms with Gasteiger partial charge in [-0.15, -0.1) is 0 Å². The van der Waals surface area contributed by atoms with Crippen LogP contribution in [0, 0.1) is 0 Å². The first-order valence-corrected chi connectivity index (χ1v) is 4.50. The number of anilines is 2. The molecule has 76 valence electrons. The molecule has 2 N–H and O–H groups in total. The normalized spacial score (nSPS) is 19.1. The van der Waals surface area contributed by atoms with Crippen LogP contribution in [0.2, 0.25) is 0 Å². The van der Waals surface area contributed by atoms with Crippen LogP contribution in [0.3, 0.4) is 0 Å². The summed E-state index contributed by atoms with van der Waals surface area (Å²) in [7, 11) is 1.72. The number of nitrogens with two attached hydrogens (primary N) is 1. The van der Waals surface area contributed by atoms with Crippen LogP contribution < -0.4 is 10.6 Å². The monoisotopic (exact) mass is 194 g/mol. The van der Waals surface area contributed by atoms with Crippen molar-refractivity contribution >= 4 is 11.5 Å². The summed E-state index contributed by atoms with van der Waals surface area (Å²) in [4.78, 5) is 10.1. The number of rotatable bonds is 2. The molecule has 0 bridgehead atoms. The standard InChI is InChI=1S/C9H14N4O/c1-9(14-2)4-13(5-9)8-7(10)3-11-6-12-8/h3,6H,4-5,10H2,1-2H3. The van der Waals surface area contributed by atoms with E-state index in [4.69, 9.17) is 10.5 Å². The van der Waals surface area contributed by atoms with Crippen molar-refractivity contribution in [2.24, 2.45) is 0 Å². The number of methoxy groups -OCH3 is 1. The topological polar surface area (TPSA) is 64.3 Å². The van der Waals surface area contributed by atoms with E-state index < -0.39 is 0 Å². The van der Waals surface area contributed by atoms with Gasteiger partial charge in [0.05, 0.1) is 30.6 Å². The Labute approximate surface area is 82.9 Å². The largest absolute Gasteiger partial charge is 0.394 e. The molecule has 1 saturated heterocycles. The molecule has 5 nitrogen and oxygen atoms in total. The SMILES string of the molecule is COC1(C)CN(c2ncncc2N)C1. The molecule has 0 saturated carbocycles. The number of nitrogens with zero attached hydrogens (tertiary/aromatic N) is 3. The molecule has 1 aliphatic heterocycles. The zero-order valence-electron chi connectivity index (χ0n) is 8.40. The Morgan fingerprint density at radius 1 is 1.57 bits per heavy atom. The Morgan fingerprint density at radius 2 is 2.29 bits per heavy atom. The van der Waals surface area contributed by atoms with Gasteiger partial charge in [-0.3, -0.25) is 0 Å². The number of hydrogen-bond donors (Lipinski definition) is 1. The van der Waals surface area contributed by atoms with Crippen molar-refractivity contribution < 1.29 is 4.74 Å². The Bertz CT molecular complexity index is 335. The second kappa shape index (κ2) is 3.09. The van der Waals surface area contributed by atoms with Gasteiger partial charge < -0.3 is 15.4 Å². The van der Waals surface area contributed by atoms with Crippen LogP contribution in [-0.4, -0.2) is 35.8 Å². The van der Waals surface area contributed by atoms with Crippen molar-refractivity contribution in [3.8, 4) is 0 Å². The summed E-state index contributed by atoms with van der Waals surface area (Å²) in [6, 6.07) is 0. The molecule has 14 heavy (non-hydrogen) atoms. The smallest absolute Gasteiger partial charge is 0.155 e. The second-order valence-electron chi connectivity index (χ2n) is 3.81. The van der Waals surface area contributed by atoms with Crippen LogP contribution in [0.5, 0.6) is 0 Å². The summed E-state index contributed by atoms with van der Waals surface area (Å²) in [5.41, 5.74) is 6.31. The average molecular weight is 194 g/mol. The molecule has 2 heterocycles. The molecule has 5 heteroatoms. The highest BCUT2D eigenvalue weighted by Gasteiger charge is 2.40. The van der Waals surface area contributed by atoms with E-state index in [0.29, 0.717) is 5.69 Å². The van der Waals surface area contributed by atoms with E-state index in [-0.39, 0.29) is 5.60 Å². The zero-order chi connectivity index (χ0) is 10.2. The zero-order valence-corrected chi connectivity index (χ0v) is 8.40. The van der Waals surface area contributed by atoms with Gasteiger partial charge in [0, 0.05) is 7.11 Å². The van der Waals surface area contributed by atoms with E-state index in [2.05, 4.69) is 21.8 Å². The molecule has 1 fully saturated rings. The number of nitrogen functional groups attached to an aromatic ring is 1. The fourth-order valence-corrected chi connectivity index (χ4v) is 1.64. The molecule has 1 aliphatic rings. The molecule has 0 unspecified atom stereocenters. The Kier molecular flexibility index (Phi) is 2.03. The molecular formula is C9H14N4O. The van der Waals surface area contributed by atoms with E-state index in [1.807, 2.05) is 0 Å². The molecule has 0 radical (unpaired) electrons. The lowest BCUT2D eigenvalue weighted by atomic mass is 9.96. The molecule has 0 atom stereocenters. The Balaban J connectivity index is 2.10. The van der Waals surface area contributed by atoms with Crippen LogP contribution in [0.4, 0.5) is 11.5 Å². The maximum atomic E-state index is 5.75. The van der Waals surface area contributed by atoms with Crippen molar-refractivity contribution in [2.75, 3.05) is 30.8 Å². The molecule has 0 amide bonds. The lowest BCUT2D eigenvalue weighted by Gasteiger charge is -2.47. The maximum Gasteiger partial charge on any atom is 0.155 e. The third kappa shape index (κ3) is 1.39. The summed E-state index contributed by atoms with van der Waals surface area (Å²) < 4.78 is 5.34. The number of ether oxygens (including phenoxy) is 1. The fraction of sp³-hybridized carbons (Fsp3) is 0.556. The average Bonchev–Trinajstić information content (AvgIpc) is 2.14. The maximum absolute atomic E-state index is 5.75. The van der Waals surface area contributed by atoms with Crippen molar-refractivity contribution in [3.63, 3.8) is 0 Å². The molecule has 0 aliphatic carbocycles. The third-order valence-corrected chi connectivity index (χ3v) is 2.56. The van der Waals surface area contributed by atoms with Crippen molar-refractivity contribution in [3.05, 3.63) is 12.5 Å². The first-order valence-electron chi connectivity index (χ1n) is 4.50. The van der Waals surface area contributed by atoms with E-state index >= 15 is 0 Å². The van der Waals surface area contributed by atoms with Gasteiger partial charge in [-0.1, -0.05) is 0 Å². The van der Waals surface area contributed by atoms with Gasteiger partial charge in [0.1, 0.15) is 6.33 Å². The van der Waals surface area contributed by atoms with Gasteiger partial charge in [0.25, 0.3) is 0 Å². The van der Waals surface area contributed by atoms with Crippen LogP contribution in [0.15, 0.2) is 12.5 Å². The van der Waals surface area contributed by atoms with E-state index in [1.54, 1.807) is 13.3 Å². The third-order valence-electron chi connectivity index (χ3n) is 2.56. The molecule has 1 aromatic heterocycles. The Morgan fingerprint density at radius 3 is 2.86 bits per heavy atom. The lowest BCUT2D eigenvalue weighted by molar-refractivity contribution is -0.0170. The molecule has 2 rings (SSSR count). The van der Waals surface area contributed by atoms with E-state index in [9.17, 15) is 0 Å². The van der Waals surface area contributed by atoms with Gasteiger partial charge in [-0.05, 0) is 6.92 Å². The molecule has 1 aromatic rings. The van der Waals surface area contributed by atoms with Crippen LogP contribution in [-0.2, 0) is 4.74 Å². The highest BCUT2D eigenvalue weighted by molar-refractivity contribution is 5.62. The predicted molar refractivity (Wildman–Crippen MR) is 54.1 cm³/mol. The second-order valence-corrected chi connectivity index (χ2v) is 3.81. The predicted octanol–water partition coefficient (Wildman–Crippen LogP) is 0.284. The summed E-state index contributed by atoms with van der Waals surface area (Å²) in [6.07, 6.45) is 3.12. The van der Waals surface area contributed by atoms with Crippen molar-refractivity contribution in [1.29, 1.82) is 0 Å². The minimum absolute atomic E-state index is 0.0581. The lowest BCUT2D eigenvalue weighted by Crippen LogP contribution is -2.61. The van der Waals surface area contributed by atoms with Crippen LogP contribution in [0.1, 0.15) is 6.92 Å². The molecular weight excluding hydrogens is 180 g/mol. The summed E-state index contributed by atoms with van der Waals surface area (Å²) in [5, 5.41) is 0. The highest BCUT2D eigenvalue weighted by Crippen LogP contribution is 2.30. The van der Waals surface area contributed by atoms with Gasteiger partial charge in [0.15, 0.2) is 5.82 Å². The summed E-state index contributed by atoms with van der Waals surface area (Å²) >= 11 is 0. The minimum Gasteiger partial charge on any atom is -0.394 e. The number of aromatic nitrogens is 2. The number of hydrogen-bond acceptors (Lipinski definition) is 5. The minimum atomic E-state index is -0.0581. The van der Waals surface area contributed by atoms with E-state index in [0.717, 1.165) is 18.9 Å². The van der Waals surface area contributed by atoms with Crippen molar-refractivity contribution in [2.45, 2.75) is 12.5 Å². The van der Waals surface area contributed by atoms with Gasteiger partial charge in [-0.2, -0.15) is 0 Å². The first-order chi connectivity index (χ1) is 6.64. The molecule has 0 spiro atoms. The summed E-state index contributed by atoms with van der Waals surface area (Å²) in [6.45, 7) is 3.72. The van der Waals surface area contributed by atoms with Gasteiger partial charge in [-0.25, -0.2) is 9.97 Å². The van der Waals surface area contributed by atoms with Gasteiger partial charge >= 0.3 is 0 Å².